The van der Waals surface area contributed by atoms with Crippen molar-refractivity contribution in [3.63, 3.8) is 0 Å². The van der Waals surface area contributed by atoms with E-state index < -0.39 is 0 Å². The number of hydrogen-bond donors (Lipinski definition) is 0. The zero-order valence-electron chi connectivity index (χ0n) is 15.3. The van der Waals surface area contributed by atoms with Gasteiger partial charge in [0, 0.05) is 48.1 Å². The molecule has 2 aromatic carbocycles. The molecule has 1 fully saturated rings. The first-order valence-electron chi connectivity index (χ1n) is 9.22. The predicted molar refractivity (Wildman–Crippen MR) is 106 cm³/mol. The van der Waals surface area contributed by atoms with Crippen LogP contribution in [0.25, 0.3) is 27.9 Å². The molecule has 0 bridgehead atoms. The molecule has 3 aromatic rings. The number of amides is 1. The highest BCUT2D eigenvalue weighted by atomic mass is 16.5. The van der Waals surface area contributed by atoms with E-state index in [1.165, 1.54) is 21.8 Å². The fourth-order valence-corrected chi connectivity index (χ4v) is 3.81. The first-order valence-corrected chi connectivity index (χ1v) is 9.22. The highest BCUT2D eigenvalue weighted by Crippen LogP contribution is 2.30. The number of aromatic nitrogens is 1. The summed E-state index contributed by atoms with van der Waals surface area (Å²) in [5, 5.41) is 2.49. The molecule has 134 valence electrons. The van der Waals surface area contributed by atoms with Crippen molar-refractivity contribution >= 4 is 33.8 Å². The maximum Gasteiger partial charge on any atom is 0.246 e. The molecule has 0 N–H and O–H groups in total. The average molecular weight is 348 g/mol. The van der Waals surface area contributed by atoms with E-state index in [0.717, 1.165) is 25.1 Å². The molecule has 2 heterocycles. The van der Waals surface area contributed by atoms with Crippen molar-refractivity contribution in [2.24, 2.45) is 0 Å². The van der Waals surface area contributed by atoms with Gasteiger partial charge in [-0.1, -0.05) is 24.3 Å². The third kappa shape index (κ3) is 2.90. The van der Waals surface area contributed by atoms with E-state index in [1.54, 1.807) is 11.0 Å². The van der Waals surface area contributed by atoms with E-state index in [9.17, 15) is 4.79 Å². The van der Waals surface area contributed by atoms with Gasteiger partial charge in [0.15, 0.2) is 0 Å². The van der Waals surface area contributed by atoms with Crippen LogP contribution in [-0.4, -0.2) is 41.7 Å². The molecule has 0 radical (unpaired) electrons. The van der Waals surface area contributed by atoms with E-state index in [2.05, 4.69) is 54.0 Å². The number of likely N-dealkylation sites (N-methyl/N-ethyl adjacent to an activating group) is 1. The van der Waals surface area contributed by atoms with Gasteiger partial charge in [-0.25, -0.2) is 0 Å². The summed E-state index contributed by atoms with van der Waals surface area (Å²) in [5.74, 6) is 0.0246. The van der Waals surface area contributed by atoms with Crippen LogP contribution in [0.1, 0.15) is 18.9 Å². The van der Waals surface area contributed by atoms with Gasteiger partial charge in [-0.2, -0.15) is 0 Å². The molecule has 0 spiro atoms. The molecule has 1 unspecified atom stereocenters. The lowest BCUT2D eigenvalue weighted by Gasteiger charge is -2.21. The maximum absolute atomic E-state index is 12.4. The quantitative estimate of drug-likeness (QED) is 0.666. The van der Waals surface area contributed by atoms with Crippen LogP contribution >= 0.6 is 0 Å². The van der Waals surface area contributed by atoms with Crippen molar-refractivity contribution in [2.45, 2.75) is 25.9 Å². The summed E-state index contributed by atoms with van der Waals surface area (Å²) in [6.45, 7) is 4.48. The van der Waals surface area contributed by atoms with Crippen LogP contribution in [-0.2, 0) is 16.1 Å². The highest BCUT2D eigenvalue weighted by Gasteiger charge is 2.22. The van der Waals surface area contributed by atoms with Crippen molar-refractivity contribution in [3.8, 4) is 0 Å². The standard InChI is InChI=1S/C22H24N2O2/c1-3-24-20-7-5-4-6-18(20)19-14-16(8-10-21(19)24)9-11-22(25)23(2)17-12-13-26-15-17/h4-11,14,17H,3,12-13,15H2,1-2H3/b11-9+. The summed E-state index contributed by atoms with van der Waals surface area (Å²) in [7, 11) is 1.85. The van der Waals surface area contributed by atoms with Crippen molar-refractivity contribution in [3.05, 3.63) is 54.1 Å². The van der Waals surface area contributed by atoms with Gasteiger partial charge in [0.2, 0.25) is 5.91 Å². The lowest BCUT2D eigenvalue weighted by Crippen LogP contribution is -2.36. The average Bonchev–Trinajstić information content (AvgIpc) is 3.31. The Morgan fingerprint density at radius 2 is 2.04 bits per heavy atom. The first kappa shape index (κ1) is 16.9. The Balaban J connectivity index is 1.65. The molecular formula is C22H24N2O2. The minimum Gasteiger partial charge on any atom is -0.379 e. The Hall–Kier alpha value is -2.59. The SMILES string of the molecule is CCn1c2ccccc2c2cc(/C=C/C(=O)N(C)C3CCOC3)ccc21. The molecule has 0 saturated carbocycles. The van der Waals surface area contributed by atoms with E-state index in [0.29, 0.717) is 6.61 Å². The van der Waals surface area contributed by atoms with E-state index in [4.69, 9.17) is 4.74 Å². The van der Waals surface area contributed by atoms with Crippen LogP contribution in [0, 0.1) is 0 Å². The predicted octanol–water partition coefficient (Wildman–Crippen LogP) is 4.07. The zero-order valence-corrected chi connectivity index (χ0v) is 15.3. The lowest BCUT2D eigenvalue weighted by molar-refractivity contribution is -0.126. The first-order chi connectivity index (χ1) is 12.7. The van der Waals surface area contributed by atoms with Crippen molar-refractivity contribution < 1.29 is 9.53 Å². The fourth-order valence-electron chi connectivity index (χ4n) is 3.81. The van der Waals surface area contributed by atoms with Crippen molar-refractivity contribution in [1.82, 2.24) is 9.47 Å². The molecule has 1 aliphatic heterocycles. The van der Waals surface area contributed by atoms with Gasteiger partial charge in [-0.05, 0) is 43.2 Å². The molecule has 26 heavy (non-hydrogen) atoms. The summed E-state index contributed by atoms with van der Waals surface area (Å²) < 4.78 is 7.70. The number of aryl methyl sites for hydroxylation is 1. The molecule has 4 heteroatoms. The Kier molecular flexibility index (Phi) is 4.51. The van der Waals surface area contributed by atoms with Gasteiger partial charge in [0.1, 0.15) is 0 Å². The third-order valence-corrected chi connectivity index (χ3v) is 5.33. The van der Waals surface area contributed by atoms with Crippen molar-refractivity contribution in [2.75, 3.05) is 20.3 Å². The highest BCUT2D eigenvalue weighted by molar-refractivity contribution is 6.08. The van der Waals surface area contributed by atoms with Crippen LogP contribution in [0.5, 0.6) is 0 Å². The van der Waals surface area contributed by atoms with Crippen molar-refractivity contribution in [1.29, 1.82) is 0 Å². The lowest BCUT2D eigenvalue weighted by atomic mass is 10.1. The second-order valence-electron chi connectivity index (χ2n) is 6.84. The minimum atomic E-state index is 0.0246. The topological polar surface area (TPSA) is 34.5 Å². The third-order valence-electron chi connectivity index (χ3n) is 5.33. The summed E-state index contributed by atoms with van der Waals surface area (Å²) >= 11 is 0. The van der Waals surface area contributed by atoms with Crippen LogP contribution in [0.4, 0.5) is 0 Å². The molecular weight excluding hydrogens is 324 g/mol. The summed E-state index contributed by atoms with van der Waals surface area (Å²) in [5.41, 5.74) is 3.53. The molecule has 1 amide bonds. The number of carbonyl (C=O) groups excluding carboxylic acids is 1. The second kappa shape index (κ2) is 6.96. The van der Waals surface area contributed by atoms with Gasteiger partial charge >= 0.3 is 0 Å². The number of ether oxygens (including phenoxy) is 1. The second-order valence-corrected chi connectivity index (χ2v) is 6.84. The number of benzene rings is 2. The summed E-state index contributed by atoms with van der Waals surface area (Å²) in [4.78, 5) is 14.2. The molecule has 1 aromatic heterocycles. The van der Waals surface area contributed by atoms with Gasteiger partial charge < -0.3 is 14.2 Å². The Bertz CT molecular complexity index is 980. The number of hydrogen-bond acceptors (Lipinski definition) is 2. The smallest absolute Gasteiger partial charge is 0.246 e. The van der Waals surface area contributed by atoms with E-state index in [1.807, 2.05) is 13.1 Å². The molecule has 1 saturated heterocycles. The molecule has 0 aliphatic carbocycles. The number of para-hydroxylation sites is 1. The van der Waals surface area contributed by atoms with Crippen LogP contribution in [0.3, 0.4) is 0 Å². The molecule has 1 aliphatic rings. The minimum absolute atomic E-state index is 0.0246. The Labute approximate surface area is 153 Å². The largest absolute Gasteiger partial charge is 0.379 e. The summed E-state index contributed by atoms with van der Waals surface area (Å²) in [6, 6.07) is 15.1. The normalized spacial score (nSPS) is 17.5. The van der Waals surface area contributed by atoms with Gasteiger partial charge in [0.05, 0.1) is 12.6 Å². The summed E-state index contributed by atoms with van der Waals surface area (Å²) in [6.07, 6.45) is 4.49. The Morgan fingerprint density at radius 3 is 2.81 bits per heavy atom. The van der Waals surface area contributed by atoms with Crippen LogP contribution in [0.2, 0.25) is 0 Å². The number of nitrogens with zero attached hydrogens (tertiary/aromatic N) is 2. The Morgan fingerprint density at radius 1 is 1.23 bits per heavy atom. The molecule has 4 nitrogen and oxygen atoms in total. The number of carbonyl (C=O) groups is 1. The number of fused-ring (bicyclic) bond motifs is 3. The number of rotatable bonds is 4. The maximum atomic E-state index is 12.4. The van der Waals surface area contributed by atoms with Gasteiger partial charge in [0.25, 0.3) is 0 Å². The van der Waals surface area contributed by atoms with Crippen LogP contribution in [0.15, 0.2) is 48.5 Å². The monoisotopic (exact) mass is 348 g/mol. The molecule has 1 atom stereocenters. The fraction of sp³-hybridized carbons (Fsp3) is 0.318. The molecule has 4 rings (SSSR count). The van der Waals surface area contributed by atoms with E-state index >= 15 is 0 Å². The van der Waals surface area contributed by atoms with Gasteiger partial charge in [-0.15, -0.1) is 0 Å². The van der Waals surface area contributed by atoms with E-state index in [-0.39, 0.29) is 11.9 Å². The zero-order chi connectivity index (χ0) is 18.1. The van der Waals surface area contributed by atoms with Crippen LogP contribution < -0.4 is 0 Å². The van der Waals surface area contributed by atoms with Gasteiger partial charge in [-0.3, -0.25) is 4.79 Å².